The Morgan fingerprint density at radius 3 is 2.47 bits per heavy atom. The first kappa shape index (κ1) is 13.5. The molecule has 0 fully saturated rings. The molecule has 0 aliphatic carbocycles. The third-order valence-corrected chi connectivity index (χ3v) is 2.71. The van der Waals surface area contributed by atoms with Crippen LogP contribution in [0, 0.1) is 0 Å². The zero-order valence-electron chi connectivity index (χ0n) is 10.6. The fraction of sp³-hybridized carbons (Fsp3) is 0.462. The lowest BCUT2D eigenvalue weighted by molar-refractivity contribution is -0.131. The minimum Gasteiger partial charge on any atom is -0.497 e. The highest BCUT2D eigenvalue weighted by molar-refractivity contribution is 5.81. The standard InChI is InChI=1S/C13H20N2O2/c1-4-12(14)13(16)15(2)9-10-5-7-11(17-3)8-6-10/h5-8,12H,4,9,14H2,1-3H3/t12-/m0/s1. The maximum atomic E-state index is 11.8. The first-order valence-corrected chi connectivity index (χ1v) is 5.72. The van der Waals surface area contributed by atoms with E-state index in [9.17, 15) is 4.79 Å². The predicted octanol–water partition coefficient (Wildman–Crippen LogP) is 1.39. The number of amides is 1. The molecule has 0 aromatic heterocycles. The Balaban J connectivity index is 2.61. The summed E-state index contributed by atoms with van der Waals surface area (Å²) in [6.07, 6.45) is 0.659. The van der Waals surface area contributed by atoms with Crippen LogP contribution >= 0.6 is 0 Å². The molecule has 17 heavy (non-hydrogen) atoms. The largest absolute Gasteiger partial charge is 0.497 e. The van der Waals surface area contributed by atoms with Crippen LogP contribution in [0.4, 0.5) is 0 Å². The highest BCUT2D eigenvalue weighted by Crippen LogP contribution is 2.12. The van der Waals surface area contributed by atoms with Crippen LogP contribution in [0.2, 0.25) is 0 Å². The number of likely N-dealkylation sites (N-methyl/N-ethyl adjacent to an activating group) is 1. The smallest absolute Gasteiger partial charge is 0.239 e. The van der Waals surface area contributed by atoms with E-state index in [2.05, 4.69) is 0 Å². The molecule has 1 aromatic rings. The lowest BCUT2D eigenvalue weighted by Crippen LogP contribution is -2.40. The van der Waals surface area contributed by atoms with Gasteiger partial charge >= 0.3 is 0 Å². The van der Waals surface area contributed by atoms with Crippen LogP contribution in [0.3, 0.4) is 0 Å². The highest BCUT2D eigenvalue weighted by Gasteiger charge is 2.15. The van der Waals surface area contributed by atoms with Crippen molar-refractivity contribution in [2.45, 2.75) is 25.9 Å². The molecular formula is C13H20N2O2. The Morgan fingerprint density at radius 1 is 1.41 bits per heavy atom. The molecule has 4 nitrogen and oxygen atoms in total. The molecule has 0 spiro atoms. The first-order chi connectivity index (χ1) is 8.08. The van der Waals surface area contributed by atoms with Gasteiger partial charge in [0.25, 0.3) is 0 Å². The molecule has 0 aliphatic rings. The number of nitrogens with two attached hydrogens (primary N) is 1. The first-order valence-electron chi connectivity index (χ1n) is 5.72. The molecule has 1 atom stereocenters. The van der Waals surface area contributed by atoms with Crippen molar-refractivity contribution in [1.82, 2.24) is 4.90 Å². The van der Waals surface area contributed by atoms with E-state index in [0.29, 0.717) is 13.0 Å². The van der Waals surface area contributed by atoms with Crippen molar-refractivity contribution in [2.75, 3.05) is 14.2 Å². The molecule has 94 valence electrons. The Kier molecular flexibility index (Phi) is 4.97. The zero-order chi connectivity index (χ0) is 12.8. The maximum Gasteiger partial charge on any atom is 0.239 e. The second-order valence-electron chi connectivity index (χ2n) is 4.06. The summed E-state index contributed by atoms with van der Waals surface area (Å²) in [6.45, 7) is 2.47. The van der Waals surface area contributed by atoms with Gasteiger partial charge in [0.05, 0.1) is 13.2 Å². The van der Waals surface area contributed by atoms with Gasteiger partial charge in [-0.2, -0.15) is 0 Å². The van der Waals surface area contributed by atoms with Gasteiger partial charge in [0.1, 0.15) is 5.75 Å². The van der Waals surface area contributed by atoms with Crippen molar-refractivity contribution in [1.29, 1.82) is 0 Å². The molecule has 0 heterocycles. The van der Waals surface area contributed by atoms with E-state index in [1.807, 2.05) is 31.2 Å². The highest BCUT2D eigenvalue weighted by atomic mass is 16.5. The van der Waals surface area contributed by atoms with Gasteiger partial charge in [-0.15, -0.1) is 0 Å². The quantitative estimate of drug-likeness (QED) is 0.840. The molecule has 1 amide bonds. The minimum atomic E-state index is -0.404. The number of nitrogens with zero attached hydrogens (tertiary/aromatic N) is 1. The summed E-state index contributed by atoms with van der Waals surface area (Å²) in [7, 11) is 3.40. The second kappa shape index (κ2) is 6.25. The van der Waals surface area contributed by atoms with E-state index in [4.69, 9.17) is 10.5 Å². The Hall–Kier alpha value is -1.55. The molecule has 4 heteroatoms. The fourth-order valence-electron chi connectivity index (χ4n) is 1.54. The number of hydrogen-bond acceptors (Lipinski definition) is 3. The summed E-state index contributed by atoms with van der Waals surface area (Å²) in [5.74, 6) is 0.788. The van der Waals surface area contributed by atoms with Crippen molar-refractivity contribution in [3.63, 3.8) is 0 Å². The van der Waals surface area contributed by atoms with Crippen LogP contribution in [0.15, 0.2) is 24.3 Å². The van der Waals surface area contributed by atoms with Crippen LogP contribution < -0.4 is 10.5 Å². The van der Waals surface area contributed by atoms with Gasteiger partial charge < -0.3 is 15.4 Å². The van der Waals surface area contributed by atoms with E-state index in [1.54, 1.807) is 19.1 Å². The second-order valence-corrected chi connectivity index (χ2v) is 4.06. The van der Waals surface area contributed by atoms with Crippen molar-refractivity contribution in [3.05, 3.63) is 29.8 Å². The summed E-state index contributed by atoms with van der Waals surface area (Å²) in [5, 5.41) is 0. The summed E-state index contributed by atoms with van der Waals surface area (Å²) in [6, 6.07) is 7.25. The summed E-state index contributed by atoms with van der Waals surface area (Å²) in [5.41, 5.74) is 6.77. The van der Waals surface area contributed by atoms with Crippen molar-refractivity contribution >= 4 is 5.91 Å². The van der Waals surface area contributed by atoms with Gasteiger partial charge in [0, 0.05) is 13.6 Å². The van der Waals surface area contributed by atoms with E-state index in [-0.39, 0.29) is 5.91 Å². The normalized spacial score (nSPS) is 12.0. The molecule has 0 aliphatic heterocycles. The molecule has 0 saturated carbocycles. The van der Waals surface area contributed by atoms with Crippen molar-refractivity contribution < 1.29 is 9.53 Å². The topological polar surface area (TPSA) is 55.6 Å². The van der Waals surface area contributed by atoms with Crippen molar-refractivity contribution in [2.24, 2.45) is 5.73 Å². The van der Waals surface area contributed by atoms with Gasteiger partial charge in [-0.1, -0.05) is 19.1 Å². The van der Waals surface area contributed by atoms with Crippen LogP contribution in [-0.2, 0) is 11.3 Å². The van der Waals surface area contributed by atoms with Gasteiger partial charge in [-0.05, 0) is 24.1 Å². The molecule has 0 saturated heterocycles. The van der Waals surface area contributed by atoms with Gasteiger partial charge in [-0.25, -0.2) is 0 Å². The molecule has 0 radical (unpaired) electrons. The van der Waals surface area contributed by atoms with Crippen LogP contribution in [-0.4, -0.2) is 31.0 Å². The zero-order valence-corrected chi connectivity index (χ0v) is 10.6. The van der Waals surface area contributed by atoms with Gasteiger partial charge in [-0.3, -0.25) is 4.79 Å². The lowest BCUT2D eigenvalue weighted by Gasteiger charge is -2.20. The molecular weight excluding hydrogens is 216 g/mol. The summed E-state index contributed by atoms with van der Waals surface area (Å²) in [4.78, 5) is 13.4. The predicted molar refractivity (Wildman–Crippen MR) is 67.7 cm³/mol. The third kappa shape index (κ3) is 3.75. The summed E-state index contributed by atoms with van der Waals surface area (Å²) < 4.78 is 5.08. The van der Waals surface area contributed by atoms with Crippen LogP contribution in [0.1, 0.15) is 18.9 Å². The number of hydrogen-bond donors (Lipinski definition) is 1. The molecule has 0 bridgehead atoms. The monoisotopic (exact) mass is 236 g/mol. The third-order valence-electron chi connectivity index (χ3n) is 2.71. The summed E-state index contributed by atoms with van der Waals surface area (Å²) >= 11 is 0. The van der Waals surface area contributed by atoms with Crippen LogP contribution in [0.25, 0.3) is 0 Å². The number of benzene rings is 1. The number of rotatable bonds is 5. The van der Waals surface area contributed by atoms with Crippen LogP contribution in [0.5, 0.6) is 5.75 Å². The molecule has 2 N–H and O–H groups in total. The molecule has 0 unspecified atom stereocenters. The van der Waals surface area contributed by atoms with Crippen molar-refractivity contribution in [3.8, 4) is 5.75 Å². The van der Waals surface area contributed by atoms with E-state index < -0.39 is 6.04 Å². The fourth-order valence-corrected chi connectivity index (χ4v) is 1.54. The lowest BCUT2D eigenvalue weighted by atomic mass is 10.1. The van der Waals surface area contributed by atoms with Gasteiger partial charge in [0.2, 0.25) is 5.91 Å². The van der Waals surface area contributed by atoms with E-state index in [1.165, 1.54) is 0 Å². The average Bonchev–Trinajstić information content (AvgIpc) is 2.37. The average molecular weight is 236 g/mol. The minimum absolute atomic E-state index is 0.0247. The Bertz CT molecular complexity index is 362. The number of carbonyl (C=O) groups is 1. The maximum absolute atomic E-state index is 11.8. The molecule has 1 aromatic carbocycles. The SMILES string of the molecule is CC[C@H](N)C(=O)N(C)Cc1ccc(OC)cc1. The molecule has 1 rings (SSSR count). The van der Waals surface area contributed by atoms with E-state index >= 15 is 0 Å². The number of ether oxygens (including phenoxy) is 1. The number of carbonyl (C=O) groups excluding carboxylic acids is 1. The Labute approximate surface area is 102 Å². The number of methoxy groups -OCH3 is 1. The van der Waals surface area contributed by atoms with Gasteiger partial charge in [0.15, 0.2) is 0 Å². The van der Waals surface area contributed by atoms with E-state index in [0.717, 1.165) is 11.3 Å². The Morgan fingerprint density at radius 2 is 2.00 bits per heavy atom.